The fourth-order valence-electron chi connectivity index (χ4n) is 1.72. The molecule has 0 saturated carbocycles. The van der Waals surface area contributed by atoms with Gasteiger partial charge in [-0.05, 0) is 18.2 Å². The molecule has 5 heteroatoms. The lowest BCUT2D eigenvalue weighted by Gasteiger charge is -2.20. The van der Waals surface area contributed by atoms with Crippen LogP contribution < -0.4 is 10.2 Å². The Kier molecular flexibility index (Phi) is 2.83. The van der Waals surface area contributed by atoms with Gasteiger partial charge in [0.05, 0.1) is 11.4 Å². The normalized spacial score (nSPS) is 15.1. The average Bonchev–Trinajstić information content (AvgIpc) is 2.35. The summed E-state index contributed by atoms with van der Waals surface area (Å²) in [6.45, 7) is 1.88. The number of anilines is 2. The van der Waals surface area contributed by atoms with Gasteiger partial charge in [-0.1, -0.05) is 11.6 Å². The zero-order valence-corrected chi connectivity index (χ0v) is 9.54. The Balaban J connectivity index is 2.50. The van der Waals surface area contributed by atoms with Gasteiger partial charge in [0.1, 0.15) is 0 Å². The van der Waals surface area contributed by atoms with Crippen LogP contribution in [0.4, 0.5) is 11.4 Å². The van der Waals surface area contributed by atoms with Crippen LogP contribution in [0.15, 0.2) is 18.2 Å². The van der Waals surface area contributed by atoms with Crippen molar-refractivity contribution in [3.63, 3.8) is 0 Å². The first-order chi connectivity index (χ1) is 7.58. The fourth-order valence-corrected chi connectivity index (χ4v) is 1.89. The summed E-state index contributed by atoms with van der Waals surface area (Å²) in [5.74, 6) is -0.188. The van der Waals surface area contributed by atoms with E-state index in [2.05, 4.69) is 5.32 Å². The Hall–Kier alpha value is -1.55. The molecule has 2 amide bonds. The van der Waals surface area contributed by atoms with Crippen molar-refractivity contribution < 1.29 is 9.59 Å². The highest BCUT2D eigenvalue weighted by Crippen LogP contribution is 2.31. The van der Waals surface area contributed by atoms with Gasteiger partial charge in [0.15, 0.2) is 0 Å². The van der Waals surface area contributed by atoms with Gasteiger partial charge in [0.25, 0.3) is 0 Å². The summed E-state index contributed by atoms with van der Waals surface area (Å²) in [5.41, 5.74) is 1.29. The topological polar surface area (TPSA) is 49.4 Å². The summed E-state index contributed by atoms with van der Waals surface area (Å²) in [6.07, 6.45) is 0.297. The first kappa shape index (κ1) is 11.0. The van der Waals surface area contributed by atoms with Crippen molar-refractivity contribution in [2.75, 3.05) is 16.8 Å². The highest BCUT2D eigenvalue weighted by atomic mass is 35.5. The van der Waals surface area contributed by atoms with Crippen molar-refractivity contribution in [1.29, 1.82) is 0 Å². The summed E-state index contributed by atoms with van der Waals surface area (Å²) in [5, 5.41) is 3.26. The standard InChI is InChI=1S/C11H11ClN2O2/c1-7(15)14-5-4-11(16)13-9-6-8(12)2-3-10(9)14/h2-3,6H,4-5H2,1H3,(H,13,16). The molecule has 0 atom stereocenters. The Labute approximate surface area is 98.2 Å². The Bertz CT molecular complexity index is 459. The van der Waals surface area contributed by atoms with Crippen LogP contribution >= 0.6 is 11.6 Å². The van der Waals surface area contributed by atoms with Gasteiger partial charge < -0.3 is 10.2 Å². The molecule has 1 aromatic carbocycles. The average molecular weight is 239 g/mol. The maximum atomic E-state index is 11.5. The van der Waals surface area contributed by atoms with Crippen LogP contribution in [0.3, 0.4) is 0 Å². The summed E-state index contributed by atoms with van der Waals surface area (Å²) in [7, 11) is 0. The SMILES string of the molecule is CC(=O)N1CCC(=O)Nc2cc(Cl)ccc21. The lowest BCUT2D eigenvalue weighted by molar-refractivity contribution is -0.117. The number of amides is 2. The first-order valence-electron chi connectivity index (χ1n) is 4.95. The first-order valence-corrected chi connectivity index (χ1v) is 5.33. The molecule has 0 aromatic heterocycles. The zero-order chi connectivity index (χ0) is 11.7. The van der Waals surface area contributed by atoms with E-state index < -0.39 is 0 Å². The van der Waals surface area contributed by atoms with Crippen molar-refractivity contribution in [2.45, 2.75) is 13.3 Å². The van der Waals surface area contributed by atoms with Crippen LogP contribution in [-0.2, 0) is 9.59 Å². The molecule has 0 saturated heterocycles. The molecule has 1 N–H and O–H groups in total. The molecule has 16 heavy (non-hydrogen) atoms. The molecular formula is C11H11ClN2O2. The monoisotopic (exact) mass is 238 g/mol. The molecule has 2 rings (SSSR count). The predicted octanol–water partition coefficient (Wildman–Crippen LogP) is 2.04. The van der Waals surface area contributed by atoms with Gasteiger partial charge in [-0.25, -0.2) is 0 Å². The van der Waals surface area contributed by atoms with Gasteiger partial charge >= 0.3 is 0 Å². The number of carbonyl (C=O) groups is 2. The van der Waals surface area contributed by atoms with Crippen LogP contribution in [0, 0.1) is 0 Å². The van der Waals surface area contributed by atoms with Gasteiger partial charge in [0.2, 0.25) is 11.8 Å². The molecule has 84 valence electrons. The van der Waals surface area contributed by atoms with E-state index in [0.29, 0.717) is 29.4 Å². The van der Waals surface area contributed by atoms with E-state index in [9.17, 15) is 9.59 Å². The summed E-state index contributed by atoms with van der Waals surface area (Å²) < 4.78 is 0. The summed E-state index contributed by atoms with van der Waals surface area (Å²) >= 11 is 5.85. The quantitative estimate of drug-likeness (QED) is 0.752. The van der Waals surface area contributed by atoms with E-state index in [-0.39, 0.29) is 11.8 Å². The van der Waals surface area contributed by atoms with Crippen LogP contribution in [0.5, 0.6) is 0 Å². The second-order valence-electron chi connectivity index (χ2n) is 3.63. The third kappa shape index (κ3) is 2.02. The number of hydrogen-bond acceptors (Lipinski definition) is 2. The maximum Gasteiger partial charge on any atom is 0.226 e. The second-order valence-corrected chi connectivity index (χ2v) is 4.07. The molecular weight excluding hydrogens is 228 g/mol. The van der Waals surface area contributed by atoms with Crippen molar-refractivity contribution >= 4 is 34.8 Å². The molecule has 1 aliphatic rings. The molecule has 0 spiro atoms. The molecule has 0 aliphatic carbocycles. The van der Waals surface area contributed by atoms with Gasteiger partial charge in [-0.3, -0.25) is 9.59 Å². The molecule has 1 aliphatic heterocycles. The van der Waals surface area contributed by atoms with Gasteiger partial charge in [0, 0.05) is 24.9 Å². The summed E-state index contributed by atoms with van der Waals surface area (Å²) in [6, 6.07) is 5.09. The lowest BCUT2D eigenvalue weighted by Crippen LogP contribution is -2.29. The maximum absolute atomic E-state index is 11.5. The largest absolute Gasteiger partial charge is 0.324 e. The molecule has 0 bridgehead atoms. The third-order valence-corrected chi connectivity index (χ3v) is 2.70. The number of benzene rings is 1. The number of hydrogen-bond donors (Lipinski definition) is 1. The minimum absolute atomic E-state index is 0.0833. The van der Waals surface area contributed by atoms with E-state index in [1.807, 2.05) is 0 Å². The number of carbonyl (C=O) groups excluding carboxylic acids is 2. The van der Waals surface area contributed by atoms with Crippen molar-refractivity contribution in [2.24, 2.45) is 0 Å². The smallest absolute Gasteiger partial charge is 0.226 e. The Morgan fingerprint density at radius 1 is 1.50 bits per heavy atom. The highest BCUT2D eigenvalue weighted by molar-refractivity contribution is 6.31. The Morgan fingerprint density at radius 2 is 2.25 bits per heavy atom. The number of fused-ring (bicyclic) bond motifs is 1. The van der Waals surface area contributed by atoms with Crippen LogP contribution in [0.1, 0.15) is 13.3 Å². The van der Waals surface area contributed by atoms with Gasteiger partial charge in [-0.15, -0.1) is 0 Å². The predicted molar refractivity (Wildman–Crippen MR) is 62.7 cm³/mol. The van der Waals surface area contributed by atoms with Crippen molar-refractivity contribution in [3.05, 3.63) is 23.2 Å². The molecule has 4 nitrogen and oxygen atoms in total. The Morgan fingerprint density at radius 3 is 2.94 bits per heavy atom. The fraction of sp³-hybridized carbons (Fsp3) is 0.273. The highest BCUT2D eigenvalue weighted by Gasteiger charge is 2.21. The molecule has 0 fully saturated rings. The van der Waals surface area contributed by atoms with Crippen LogP contribution in [-0.4, -0.2) is 18.4 Å². The minimum Gasteiger partial charge on any atom is -0.324 e. The number of halogens is 1. The second kappa shape index (κ2) is 4.14. The molecule has 1 aromatic rings. The van der Waals surface area contributed by atoms with Crippen molar-refractivity contribution in [3.8, 4) is 0 Å². The number of nitrogens with zero attached hydrogens (tertiary/aromatic N) is 1. The van der Waals surface area contributed by atoms with Crippen LogP contribution in [0.2, 0.25) is 5.02 Å². The number of nitrogens with one attached hydrogen (secondary N) is 1. The van der Waals surface area contributed by atoms with Crippen molar-refractivity contribution in [1.82, 2.24) is 0 Å². The molecule has 1 heterocycles. The summed E-state index contributed by atoms with van der Waals surface area (Å²) in [4.78, 5) is 24.5. The minimum atomic E-state index is -0.104. The number of rotatable bonds is 0. The lowest BCUT2D eigenvalue weighted by atomic mass is 10.2. The van der Waals surface area contributed by atoms with E-state index in [4.69, 9.17) is 11.6 Å². The third-order valence-electron chi connectivity index (χ3n) is 2.47. The van der Waals surface area contributed by atoms with E-state index in [0.717, 1.165) is 0 Å². The van der Waals surface area contributed by atoms with E-state index >= 15 is 0 Å². The van der Waals surface area contributed by atoms with Crippen LogP contribution in [0.25, 0.3) is 0 Å². The zero-order valence-electron chi connectivity index (χ0n) is 8.79. The van der Waals surface area contributed by atoms with E-state index in [1.165, 1.54) is 6.92 Å². The van der Waals surface area contributed by atoms with E-state index in [1.54, 1.807) is 23.1 Å². The molecule has 0 radical (unpaired) electrons. The molecule has 0 unspecified atom stereocenters. The van der Waals surface area contributed by atoms with Gasteiger partial charge in [-0.2, -0.15) is 0 Å².